The van der Waals surface area contributed by atoms with Gasteiger partial charge in [-0.1, -0.05) is 35.9 Å². The SMILES string of the molecule is O=C(O)Cc1ccccc1-c1cc(NC(=O)c2cc(F)cc(C(F)(F)F)c2)c2c(c1)C(=O)NC2c1cc(F)ccc1Cl. The van der Waals surface area contributed by atoms with E-state index in [-0.39, 0.29) is 39.9 Å². The number of carboxylic acid groups (broad SMARTS) is 1. The van der Waals surface area contributed by atoms with Crippen LogP contribution in [0.2, 0.25) is 5.02 Å². The number of hydrogen-bond acceptors (Lipinski definition) is 3. The molecule has 1 unspecified atom stereocenters. The first-order valence-corrected chi connectivity index (χ1v) is 12.6. The molecule has 0 aromatic heterocycles. The molecule has 4 aromatic rings. The Bertz CT molecular complexity index is 1770. The molecule has 0 radical (unpaired) electrons. The average Bonchev–Trinajstić information content (AvgIpc) is 3.25. The molecule has 2 amide bonds. The van der Waals surface area contributed by atoms with Crippen molar-refractivity contribution >= 4 is 35.1 Å². The first-order chi connectivity index (χ1) is 19.8. The zero-order chi connectivity index (χ0) is 30.3. The third-order valence-electron chi connectivity index (χ3n) is 6.66. The number of anilines is 1. The van der Waals surface area contributed by atoms with Crippen molar-refractivity contribution in [3.63, 3.8) is 0 Å². The Morgan fingerprint density at radius 2 is 1.67 bits per heavy atom. The van der Waals surface area contributed by atoms with Gasteiger partial charge in [-0.25, -0.2) is 8.78 Å². The van der Waals surface area contributed by atoms with Gasteiger partial charge in [0, 0.05) is 33.0 Å². The van der Waals surface area contributed by atoms with Crippen molar-refractivity contribution < 1.29 is 41.4 Å². The van der Waals surface area contributed by atoms with E-state index in [2.05, 4.69) is 10.6 Å². The molecular weight excluding hydrogens is 583 g/mol. The predicted molar refractivity (Wildman–Crippen MR) is 143 cm³/mol. The molecule has 0 spiro atoms. The van der Waals surface area contributed by atoms with Crippen molar-refractivity contribution in [2.45, 2.75) is 18.6 Å². The van der Waals surface area contributed by atoms with E-state index in [1.54, 1.807) is 24.3 Å². The average molecular weight is 601 g/mol. The van der Waals surface area contributed by atoms with Gasteiger partial charge in [-0.3, -0.25) is 14.4 Å². The van der Waals surface area contributed by atoms with Crippen LogP contribution in [0.5, 0.6) is 0 Å². The van der Waals surface area contributed by atoms with Crippen LogP contribution in [-0.4, -0.2) is 22.9 Å². The van der Waals surface area contributed by atoms with E-state index in [9.17, 15) is 41.4 Å². The standard InChI is InChI=1S/C30H18ClF5N2O4/c31-23-6-5-18(32)13-21(23)27-26-22(29(42)38-27)9-15(20-4-2-1-3-14(20)11-25(39)40)10-24(26)37-28(41)16-7-17(30(34,35)36)12-19(33)8-16/h1-10,12-13,27H,11H2,(H,37,41)(H,38,42)(H,39,40). The number of carbonyl (C=O) groups is 3. The first kappa shape index (κ1) is 28.7. The molecule has 0 bridgehead atoms. The van der Waals surface area contributed by atoms with Gasteiger partial charge in [0.25, 0.3) is 11.8 Å². The topological polar surface area (TPSA) is 95.5 Å². The van der Waals surface area contributed by atoms with Crippen LogP contribution in [0.15, 0.2) is 72.8 Å². The van der Waals surface area contributed by atoms with Gasteiger partial charge in [0.1, 0.15) is 11.6 Å². The first-order valence-electron chi connectivity index (χ1n) is 12.2. The highest BCUT2D eigenvalue weighted by Crippen LogP contribution is 2.42. The van der Waals surface area contributed by atoms with E-state index < -0.39 is 52.8 Å². The van der Waals surface area contributed by atoms with E-state index in [0.29, 0.717) is 28.8 Å². The lowest BCUT2D eigenvalue weighted by atomic mass is 9.90. The van der Waals surface area contributed by atoms with Crippen LogP contribution in [0.4, 0.5) is 27.6 Å². The van der Waals surface area contributed by atoms with Crippen LogP contribution in [0, 0.1) is 11.6 Å². The smallest absolute Gasteiger partial charge is 0.416 e. The summed E-state index contributed by atoms with van der Waals surface area (Å²) in [5.41, 5.74) is -0.712. The quantitative estimate of drug-likeness (QED) is 0.207. The summed E-state index contributed by atoms with van der Waals surface area (Å²) in [5.74, 6) is -4.84. The normalized spacial score (nSPS) is 14.3. The molecule has 0 saturated carbocycles. The third-order valence-corrected chi connectivity index (χ3v) is 7.01. The van der Waals surface area contributed by atoms with E-state index in [1.165, 1.54) is 18.2 Å². The van der Waals surface area contributed by atoms with Gasteiger partial charge in [-0.05, 0) is 65.2 Å². The fraction of sp³-hybridized carbons (Fsp3) is 0.100. The Labute approximate surface area is 239 Å². The number of carbonyl (C=O) groups excluding carboxylic acids is 2. The maximum absolute atomic E-state index is 14.2. The van der Waals surface area contributed by atoms with E-state index in [4.69, 9.17) is 11.6 Å². The van der Waals surface area contributed by atoms with Crippen LogP contribution in [0.25, 0.3) is 11.1 Å². The molecule has 3 N–H and O–H groups in total. The Morgan fingerprint density at radius 1 is 0.929 bits per heavy atom. The molecule has 42 heavy (non-hydrogen) atoms. The molecular formula is C30H18ClF5N2O4. The van der Waals surface area contributed by atoms with Gasteiger partial charge in [0.05, 0.1) is 18.0 Å². The number of hydrogen-bond donors (Lipinski definition) is 3. The maximum atomic E-state index is 14.2. The molecule has 1 atom stereocenters. The van der Waals surface area contributed by atoms with Crippen LogP contribution >= 0.6 is 11.6 Å². The molecule has 1 aliphatic heterocycles. The molecule has 6 nitrogen and oxygen atoms in total. The summed E-state index contributed by atoms with van der Waals surface area (Å²) in [6.07, 6.45) is -5.30. The summed E-state index contributed by atoms with van der Waals surface area (Å²) in [6, 6.07) is 13.0. The number of rotatable bonds is 6. The van der Waals surface area contributed by atoms with Crippen LogP contribution in [-0.2, 0) is 17.4 Å². The molecule has 4 aromatic carbocycles. The summed E-state index contributed by atoms with van der Waals surface area (Å²) in [4.78, 5) is 37.9. The van der Waals surface area contributed by atoms with Crippen LogP contribution < -0.4 is 10.6 Å². The van der Waals surface area contributed by atoms with E-state index >= 15 is 0 Å². The molecule has 214 valence electrons. The van der Waals surface area contributed by atoms with Crippen LogP contribution in [0.3, 0.4) is 0 Å². The second-order valence-electron chi connectivity index (χ2n) is 9.47. The van der Waals surface area contributed by atoms with Crippen molar-refractivity contribution in [1.82, 2.24) is 5.32 Å². The van der Waals surface area contributed by atoms with Crippen molar-refractivity contribution in [1.29, 1.82) is 0 Å². The number of nitrogens with one attached hydrogen (secondary N) is 2. The van der Waals surface area contributed by atoms with Crippen molar-refractivity contribution in [3.05, 3.63) is 123 Å². The minimum Gasteiger partial charge on any atom is -0.481 e. The van der Waals surface area contributed by atoms with Gasteiger partial charge in [0.15, 0.2) is 0 Å². The Hall–Kier alpha value is -4.77. The highest BCUT2D eigenvalue weighted by molar-refractivity contribution is 6.31. The number of halogens is 6. The number of carboxylic acids is 1. The van der Waals surface area contributed by atoms with Gasteiger partial charge >= 0.3 is 12.1 Å². The van der Waals surface area contributed by atoms with Gasteiger partial charge in [-0.2, -0.15) is 13.2 Å². The molecule has 1 heterocycles. The minimum absolute atomic E-state index is 0.0217. The highest BCUT2D eigenvalue weighted by atomic mass is 35.5. The molecule has 0 fully saturated rings. The van der Waals surface area contributed by atoms with E-state index in [0.717, 1.165) is 12.1 Å². The predicted octanol–water partition coefficient (Wildman–Crippen LogP) is 7.02. The number of fused-ring (bicyclic) bond motifs is 1. The summed E-state index contributed by atoms with van der Waals surface area (Å²) in [5, 5.41) is 14.6. The largest absolute Gasteiger partial charge is 0.481 e. The fourth-order valence-corrected chi connectivity index (χ4v) is 5.09. The molecule has 0 saturated heterocycles. The van der Waals surface area contributed by atoms with Gasteiger partial charge in [-0.15, -0.1) is 0 Å². The second kappa shape index (κ2) is 10.9. The lowest BCUT2D eigenvalue weighted by Gasteiger charge is -2.20. The zero-order valence-electron chi connectivity index (χ0n) is 21.2. The fourth-order valence-electron chi connectivity index (χ4n) is 4.86. The van der Waals surface area contributed by atoms with Crippen molar-refractivity contribution in [2.75, 3.05) is 5.32 Å². The van der Waals surface area contributed by atoms with Gasteiger partial charge < -0.3 is 15.7 Å². The number of alkyl halides is 3. The lowest BCUT2D eigenvalue weighted by Crippen LogP contribution is -2.21. The summed E-state index contributed by atoms with van der Waals surface area (Å²) < 4.78 is 68.2. The summed E-state index contributed by atoms with van der Waals surface area (Å²) in [7, 11) is 0. The maximum Gasteiger partial charge on any atom is 0.416 e. The number of amides is 2. The summed E-state index contributed by atoms with van der Waals surface area (Å²) >= 11 is 6.31. The summed E-state index contributed by atoms with van der Waals surface area (Å²) in [6.45, 7) is 0. The third kappa shape index (κ3) is 5.68. The van der Waals surface area contributed by atoms with Crippen molar-refractivity contribution in [2.24, 2.45) is 0 Å². The Kier molecular flexibility index (Phi) is 7.46. The highest BCUT2D eigenvalue weighted by Gasteiger charge is 2.36. The lowest BCUT2D eigenvalue weighted by molar-refractivity contribution is -0.138. The Morgan fingerprint density at radius 3 is 2.38 bits per heavy atom. The van der Waals surface area contributed by atoms with Crippen molar-refractivity contribution in [3.8, 4) is 11.1 Å². The monoisotopic (exact) mass is 600 g/mol. The zero-order valence-corrected chi connectivity index (χ0v) is 21.9. The molecule has 1 aliphatic rings. The minimum atomic E-state index is -4.93. The van der Waals surface area contributed by atoms with Gasteiger partial charge in [0.2, 0.25) is 0 Å². The second-order valence-corrected chi connectivity index (χ2v) is 9.87. The van der Waals surface area contributed by atoms with Crippen LogP contribution in [0.1, 0.15) is 49.0 Å². The van der Waals surface area contributed by atoms with E-state index in [1.807, 2.05) is 0 Å². The Balaban J connectivity index is 1.69. The molecule has 0 aliphatic carbocycles. The number of aliphatic carboxylic acids is 1. The molecule has 12 heteroatoms. The number of benzene rings is 4. The molecule has 5 rings (SSSR count).